The first-order valence-electron chi connectivity index (χ1n) is 4.97. The SMILES string of the molecule is CC(C)c1noc(-c2ccc(Cl)c(N)c2)n1. The summed E-state index contributed by atoms with van der Waals surface area (Å²) < 4.78 is 5.15. The van der Waals surface area contributed by atoms with Gasteiger partial charge in [-0.05, 0) is 18.2 Å². The quantitative estimate of drug-likeness (QED) is 0.816. The first-order valence-corrected chi connectivity index (χ1v) is 5.34. The summed E-state index contributed by atoms with van der Waals surface area (Å²) in [6.45, 7) is 4.01. The molecule has 0 saturated carbocycles. The van der Waals surface area contributed by atoms with Crippen LogP contribution in [0.4, 0.5) is 5.69 Å². The van der Waals surface area contributed by atoms with Crippen LogP contribution in [0, 0.1) is 0 Å². The van der Waals surface area contributed by atoms with Crippen molar-refractivity contribution in [2.45, 2.75) is 19.8 Å². The lowest BCUT2D eigenvalue weighted by molar-refractivity contribution is 0.419. The number of benzene rings is 1. The molecule has 2 aromatic rings. The van der Waals surface area contributed by atoms with Gasteiger partial charge in [-0.25, -0.2) is 0 Å². The molecule has 0 radical (unpaired) electrons. The summed E-state index contributed by atoms with van der Waals surface area (Å²) in [6, 6.07) is 5.24. The Hall–Kier alpha value is -1.55. The Labute approximate surface area is 98.4 Å². The highest BCUT2D eigenvalue weighted by Crippen LogP contribution is 2.26. The highest BCUT2D eigenvalue weighted by molar-refractivity contribution is 6.33. The summed E-state index contributed by atoms with van der Waals surface area (Å²) in [7, 11) is 0. The summed E-state index contributed by atoms with van der Waals surface area (Å²) in [4.78, 5) is 4.27. The molecule has 0 amide bonds. The van der Waals surface area contributed by atoms with Crippen LogP contribution in [-0.2, 0) is 0 Å². The molecule has 0 unspecified atom stereocenters. The van der Waals surface area contributed by atoms with Crippen molar-refractivity contribution >= 4 is 17.3 Å². The van der Waals surface area contributed by atoms with E-state index in [0.29, 0.717) is 22.4 Å². The summed E-state index contributed by atoms with van der Waals surface area (Å²) in [5.41, 5.74) is 6.98. The Morgan fingerprint density at radius 1 is 1.38 bits per heavy atom. The number of nitrogens with two attached hydrogens (primary N) is 1. The van der Waals surface area contributed by atoms with Crippen molar-refractivity contribution < 1.29 is 4.52 Å². The molecule has 0 aliphatic rings. The summed E-state index contributed by atoms with van der Waals surface area (Å²) >= 11 is 5.83. The Kier molecular flexibility index (Phi) is 2.83. The van der Waals surface area contributed by atoms with Gasteiger partial charge in [0.2, 0.25) is 0 Å². The van der Waals surface area contributed by atoms with Crippen LogP contribution in [0.3, 0.4) is 0 Å². The maximum atomic E-state index is 5.83. The number of nitrogen functional groups attached to an aromatic ring is 1. The predicted octanol–water partition coefficient (Wildman–Crippen LogP) is 3.10. The molecular formula is C11H12ClN3O. The lowest BCUT2D eigenvalue weighted by atomic mass is 10.2. The van der Waals surface area contributed by atoms with Gasteiger partial charge in [-0.15, -0.1) is 0 Å². The molecule has 0 atom stereocenters. The Bertz CT molecular complexity index is 508. The van der Waals surface area contributed by atoms with Gasteiger partial charge in [-0.3, -0.25) is 0 Å². The number of nitrogens with zero attached hydrogens (tertiary/aromatic N) is 2. The van der Waals surface area contributed by atoms with Crippen LogP contribution in [0.1, 0.15) is 25.6 Å². The Balaban J connectivity index is 2.39. The average molecular weight is 238 g/mol. The molecular weight excluding hydrogens is 226 g/mol. The first-order chi connectivity index (χ1) is 7.58. The number of hydrogen-bond acceptors (Lipinski definition) is 4. The Morgan fingerprint density at radius 2 is 2.12 bits per heavy atom. The maximum Gasteiger partial charge on any atom is 0.258 e. The number of halogens is 1. The molecule has 0 fully saturated rings. The zero-order valence-corrected chi connectivity index (χ0v) is 9.82. The van der Waals surface area contributed by atoms with Crippen LogP contribution in [0.15, 0.2) is 22.7 Å². The van der Waals surface area contributed by atoms with E-state index in [1.807, 2.05) is 13.8 Å². The molecule has 0 saturated heterocycles. The molecule has 0 aliphatic carbocycles. The van der Waals surface area contributed by atoms with Crippen LogP contribution in [0.2, 0.25) is 5.02 Å². The standard InChI is InChI=1S/C11H12ClN3O/c1-6(2)10-14-11(16-15-10)7-3-4-8(12)9(13)5-7/h3-6H,13H2,1-2H3. The Morgan fingerprint density at radius 3 is 2.69 bits per heavy atom. The normalized spacial score (nSPS) is 11.0. The topological polar surface area (TPSA) is 64.9 Å². The number of hydrogen-bond donors (Lipinski definition) is 1. The van der Waals surface area contributed by atoms with Crippen molar-refractivity contribution in [2.75, 3.05) is 5.73 Å². The van der Waals surface area contributed by atoms with E-state index < -0.39 is 0 Å². The first kappa shape index (κ1) is 11.0. The van der Waals surface area contributed by atoms with Crippen molar-refractivity contribution in [3.05, 3.63) is 29.0 Å². The second kappa shape index (κ2) is 4.14. The second-order valence-corrected chi connectivity index (χ2v) is 4.26. The molecule has 1 aromatic heterocycles. The van der Waals surface area contributed by atoms with E-state index in [0.717, 1.165) is 5.56 Å². The van der Waals surface area contributed by atoms with E-state index >= 15 is 0 Å². The van der Waals surface area contributed by atoms with E-state index in [9.17, 15) is 0 Å². The highest BCUT2D eigenvalue weighted by Gasteiger charge is 2.12. The molecule has 4 nitrogen and oxygen atoms in total. The summed E-state index contributed by atoms with van der Waals surface area (Å²) in [5, 5.41) is 4.40. The third kappa shape index (κ3) is 2.02. The van der Waals surface area contributed by atoms with Gasteiger partial charge in [0.1, 0.15) is 0 Å². The third-order valence-electron chi connectivity index (χ3n) is 2.20. The van der Waals surface area contributed by atoms with Crippen LogP contribution in [0.25, 0.3) is 11.5 Å². The lowest BCUT2D eigenvalue weighted by Crippen LogP contribution is -1.90. The molecule has 2 rings (SSSR count). The number of rotatable bonds is 2. The molecule has 0 spiro atoms. The smallest absolute Gasteiger partial charge is 0.258 e. The predicted molar refractivity (Wildman–Crippen MR) is 63.2 cm³/mol. The lowest BCUT2D eigenvalue weighted by Gasteiger charge is -1.99. The molecule has 1 heterocycles. The minimum atomic E-state index is 0.238. The zero-order valence-electron chi connectivity index (χ0n) is 9.07. The van der Waals surface area contributed by atoms with Crippen molar-refractivity contribution in [3.8, 4) is 11.5 Å². The molecule has 1 aromatic carbocycles. The fourth-order valence-electron chi connectivity index (χ4n) is 1.26. The minimum absolute atomic E-state index is 0.238. The molecule has 0 aliphatic heterocycles. The van der Waals surface area contributed by atoms with Crippen molar-refractivity contribution in [1.82, 2.24) is 10.1 Å². The van der Waals surface area contributed by atoms with Crippen molar-refractivity contribution in [3.63, 3.8) is 0 Å². The average Bonchev–Trinajstić information content (AvgIpc) is 2.71. The van der Waals surface area contributed by atoms with E-state index in [2.05, 4.69) is 10.1 Å². The van der Waals surface area contributed by atoms with Gasteiger partial charge in [0.25, 0.3) is 5.89 Å². The fourth-order valence-corrected chi connectivity index (χ4v) is 1.38. The van der Waals surface area contributed by atoms with Gasteiger partial charge in [-0.1, -0.05) is 30.6 Å². The highest BCUT2D eigenvalue weighted by atomic mass is 35.5. The number of aromatic nitrogens is 2. The van der Waals surface area contributed by atoms with Gasteiger partial charge in [0, 0.05) is 11.5 Å². The molecule has 5 heteroatoms. The van der Waals surface area contributed by atoms with E-state index in [-0.39, 0.29) is 5.92 Å². The molecule has 2 N–H and O–H groups in total. The maximum absolute atomic E-state index is 5.83. The summed E-state index contributed by atoms with van der Waals surface area (Å²) in [5.74, 6) is 1.39. The molecule has 84 valence electrons. The van der Waals surface area contributed by atoms with Crippen molar-refractivity contribution in [1.29, 1.82) is 0 Å². The monoisotopic (exact) mass is 237 g/mol. The van der Waals surface area contributed by atoms with Gasteiger partial charge < -0.3 is 10.3 Å². The molecule has 0 bridgehead atoms. The minimum Gasteiger partial charge on any atom is -0.398 e. The molecule has 16 heavy (non-hydrogen) atoms. The zero-order chi connectivity index (χ0) is 11.7. The second-order valence-electron chi connectivity index (χ2n) is 3.85. The van der Waals surface area contributed by atoms with Crippen LogP contribution >= 0.6 is 11.6 Å². The number of anilines is 1. The van der Waals surface area contributed by atoms with Gasteiger partial charge >= 0.3 is 0 Å². The van der Waals surface area contributed by atoms with E-state index in [1.54, 1.807) is 18.2 Å². The van der Waals surface area contributed by atoms with E-state index in [4.69, 9.17) is 21.9 Å². The van der Waals surface area contributed by atoms with Crippen LogP contribution in [-0.4, -0.2) is 10.1 Å². The van der Waals surface area contributed by atoms with E-state index in [1.165, 1.54) is 0 Å². The largest absolute Gasteiger partial charge is 0.398 e. The van der Waals surface area contributed by atoms with Gasteiger partial charge in [0.05, 0.1) is 10.7 Å². The van der Waals surface area contributed by atoms with Gasteiger partial charge in [-0.2, -0.15) is 4.98 Å². The van der Waals surface area contributed by atoms with Crippen LogP contribution < -0.4 is 5.73 Å². The van der Waals surface area contributed by atoms with Crippen molar-refractivity contribution in [2.24, 2.45) is 0 Å². The summed E-state index contributed by atoms with van der Waals surface area (Å²) in [6.07, 6.45) is 0. The van der Waals surface area contributed by atoms with Crippen LogP contribution in [0.5, 0.6) is 0 Å². The van der Waals surface area contributed by atoms with Gasteiger partial charge in [0.15, 0.2) is 5.82 Å². The third-order valence-corrected chi connectivity index (χ3v) is 2.55. The fraction of sp³-hybridized carbons (Fsp3) is 0.273.